The number of hydrogen-bond acceptors (Lipinski definition) is 0. The second-order valence-electron chi connectivity index (χ2n) is 6.88. The number of fused-ring (bicyclic) bond motifs is 1. The van der Waals surface area contributed by atoms with Crippen LogP contribution in [0.4, 0.5) is 0 Å². The summed E-state index contributed by atoms with van der Waals surface area (Å²) in [5, 5.41) is 2.62. The maximum absolute atomic E-state index is 6.94. The maximum Gasteiger partial charge on any atom is 4.00 e. The molecule has 2 nitrogen and oxygen atoms in total. The number of rotatable bonds is 1. The summed E-state index contributed by atoms with van der Waals surface area (Å²) in [5.41, 5.74) is 9.16. The molecule has 28 heavy (non-hydrogen) atoms. The summed E-state index contributed by atoms with van der Waals surface area (Å²) in [7, 11) is -0.130. The Morgan fingerprint density at radius 2 is 1.46 bits per heavy atom. The van der Waals surface area contributed by atoms with Crippen molar-refractivity contribution in [1.82, 2.24) is 4.98 Å². The van der Waals surface area contributed by atoms with Crippen molar-refractivity contribution in [2.75, 3.05) is 0 Å². The standard InChI is InChI=1S/C13H10N.C4H10N.C3H8Si.CH3.3ClH.Ti/c1-2-5-11-10(4-1)7-8-12(11)13-6-3-9-14-13;1-4(2,3)5;1-4(2)3;;;;;/h1-9,14H;5H,1-3H3;1H2,2-3H3;1H3;3*1H;/q4*-1;;;;+4/p-3. The number of hydrogen-bond donors (Lipinski definition) is 1. The van der Waals surface area contributed by atoms with E-state index in [1.165, 1.54) is 22.0 Å². The van der Waals surface area contributed by atoms with Crippen LogP contribution in [0.1, 0.15) is 20.8 Å². The minimum atomic E-state index is -0.250. The molecule has 0 saturated heterocycles. The summed E-state index contributed by atoms with van der Waals surface area (Å²) in [5.74, 6) is 0. The smallest absolute Gasteiger partial charge is 1.00 e. The van der Waals surface area contributed by atoms with E-state index in [0.717, 1.165) is 0 Å². The van der Waals surface area contributed by atoms with Crippen LogP contribution in [0, 0.1) is 14.0 Å². The van der Waals surface area contributed by atoms with Crippen LogP contribution in [0.5, 0.6) is 0 Å². The van der Waals surface area contributed by atoms with Crippen molar-refractivity contribution in [3.05, 3.63) is 74.4 Å². The molecule has 0 atom stereocenters. The van der Waals surface area contributed by atoms with Gasteiger partial charge < -0.3 is 61.9 Å². The van der Waals surface area contributed by atoms with Crippen LogP contribution in [0.25, 0.3) is 27.8 Å². The number of aromatic amines is 1. The van der Waals surface area contributed by atoms with E-state index in [1.807, 2.05) is 33.0 Å². The monoisotopic (exact) mass is 492 g/mol. The molecular weight excluding hydrogens is 463 g/mol. The van der Waals surface area contributed by atoms with Crippen LogP contribution < -0.4 is 37.2 Å². The van der Waals surface area contributed by atoms with Gasteiger partial charge in [0.2, 0.25) is 0 Å². The second-order valence-corrected chi connectivity index (χ2v) is 9.29. The average molecular weight is 494 g/mol. The van der Waals surface area contributed by atoms with Crippen LogP contribution in [-0.2, 0) is 21.7 Å². The van der Waals surface area contributed by atoms with Crippen LogP contribution in [0.2, 0.25) is 13.1 Å². The first-order chi connectivity index (χ1) is 10.7. The zero-order chi connectivity index (χ0) is 17.5. The van der Waals surface area contributed by atoms with E-state index in [-0.39, 0.29) is 80.7 Å². The average Bonchev–Trinajstić information content (AvgIpc) is 3.04. The number of halogens is 3. The zero-order valence-electron chi connectivity index (χ0n) is 17.5. The summed E-state index contributed by atoms with van der Waals surface area (Å²) in [6, 6.07) is 16.9. The third-order valence-electron chi connectivity index (χ3n) is 2.57. The van der Waals surface area contributed by atoms with E-state index in [1.54, 1.807) is 0 Å². The number of H-pyrrole nitrogens is 1. The largest absolute Gasteiger partial charge is 4.00 e. The van der Waals surface area contributed by atoms with E-state index in [2.05, 4.69) is 67.1 Å². The van der Waals surface area contributed by atoms with Crippen molar-refractivity contribution in [1.29, 1.82) is 0 Å². The molecule has 0 amide bonds. The van der Waals surface area contributed by atoms with Crippen molar-refractivity contribution < 1.29 is 58.9 Å². The Bertz CT molecular complexity index is 684. The molecule has 0 unspecified atom stereocenters. The van der Waals surface area contributed by atoms with Gasteiger partial charge in [-0.25, -0.2) is 0 Å². The maximum atomic E-state index is 6.94. The number of nitrogens with one attached hydrogen (secondary N) is 2. The Balaban J connectivity index is -0.000000111. The predicted molar refractivity (Wildman–Crippen MR) is 113 cm³/mol. The second kappa shape index (κ2) is 18.9. The third kappa shape index (κ3) is 16.8. The van der Waals surface area contributed by atoms with E-state index < -0.39 is 0 Å². The van der Waals surface area contributed by atoms with Crippen LogP contribution in [0.15, 0.2) is 54.7 Å². The molecule has 7 heteroatoms. The molecule has 3 aromatic rings. The molecular formula is C21H31Cl3N2SiTi-3. The fourth-order valence-corrected chi connectivity index (χ4v) is 1.88. The summed E-state index contributed by atoms with van der Waals surface area (Å²) in [6.45, 7) is 13.6. The molecule has 0 bridgehead atoms. The molecule has 2 N–H and O–H groups in total. The molecule has 1 radical (unpaired) electrons. The van der Waals surface area contributed by atoms with Gasteiger partial charge in [-0.2, -0.15) is 0 Å². The minimum absolute atomic E-state index is 0. The Kier molecular flexibility index (Phi) is 25.9. The van der Waals surface area contributed by atoms with Gasteiger partial charge in [-0.3, -0.25) is 0 Å². The van der Waals surface area contributed by atoms with Crippen molar-refractivity contribution in [3.63, 3.8) is 0 Å². The van der Waals surface area contributed by atoms with Gasteiger partial charge in [0.15, 0.2) is 0 Å². The fourth-order valence-electron chi connectivity index (χ4n) is 1.88. The van der Waals surface area contributed by atoms with Crippen molar-refractivity contribution >= 4 is 19.6 Å². The van der Waals surface area contributed by atoms with Gasteiger partial charge in [-0.05, 0) is 17.8 Å². The first kappa shape index (κ1) is 38.5. The molecule has 0 saturated carbocycles. The summed E-state index contributed by atoms with van der Waals surface area (Å²) in [6.07, 6.45) is 1.96. The summed E-state index contributed by atoms with van der Waals surface area (Å²) in [4.78, 5) is 3.23. The molecule has 157 valence electrons. The number of benzene rings is 1. The van der Waals surface area contributed by atoms with Crippen molar-refractivity contribution in [2.24, 2.45) is 0 Å². The van der Waals surface area contributed by atoms with Gasteiger partial charge in [0.1, 0.15) is 0 Å². The topological polar surface area (TPSA) is 39.6 Å². The van der Waals surface area contributed by atoms with E-state index >= 15 is 0 Å². The predicted octanol–water partition coefficient (Wildman–Crippen LogP) is -2.04. The van der Waals surface area contributed by atoms with Gasteiger partial charge in [0, 0.05) is 6.20 Å². The molecule has 0 fully saturated rings. The first-order valence-corrected chi connectivity index (χ1v) is 10.5. The van der Waals surface area contributed by atoms with Gasteiger partial charge >= 0.3 is 21.7 Å². The molecule has 1 heterocycles. The SMILES string of the molecule is CC(C)(C)[NH-].[CH2-][Si](C)C.[CH3-].[Cl-].[Cl-].[Cl-].[Ti+4].c1c[nH]c(-c2c[cH-]c3ccccc23)c1. The van der Waals surface area contributed by atoms with Gasteiger partial charge in [0.25, 0.3) is 0 Å². The van der Waals surface area contributed by atoms with Crippen molar-refractivity contribution in [2.45, 2.75) is 39.4 Å². The van der Waals surface area contributed by atoms with Crippen molar-refractivity contribution in [3.8, 4) is 11.3 Å². The van der Waals surface area contributed by atoms with Crippen LogP contribution >= 0.6 is 0 Å². The van der Waals surface area contributed by atoms with E-state index in [9.17, 15) is 0 Å². The van der Waals surface area contributed by atoms with Crippen LogP contribution in [-0.4, -0.2) is 19.3 Å². The quantitative estimate of drug-likeness (QED) is 0.300. The fraction of sp³-hybridized carbons (Fsp3) is 0.286. The molecule has 0 spiro atoms. The number of aromatic nitrogens is 1. The van der Waals surface area contributed by atoms with E-state index in [4.69, 9.17) is 5.73 Å². The Morgan fingerprint density at radius 3 is 1.89 bits per heavy atom. The molecule has 0 aliphatic carbocycles. The molecule has 2 aromatic carbocycles. The molecule has 0 aliphatic rings. The Labute approximate surface area is 207 Å². The zero-order valence-corrected chi connectivity index (χ0v) is 22.4. The Morgan fingerprint density at radius 1 is 1.00 bits per heavy atom. The normalized spacial score (nSPS) is 8.86. The van der Waals surface area contributed by atoms with Gasteiger partial charge in [-0.15, -0.1) is 61.0 Å². The first-order valence-electron chi connectivity index (χ1n) is 7.84. The van der Waals surface area contributed by atoms with Crippen LogP contribution in [0.3, 0.4) is 0 Å². The molecule has 0 aliphatic heterocycles. The molecule has 1 aromatic heterocycles. The van der Waals surface area contributed by atoms with Gasteiger partial charge in [0.05, 0.1) is 0 Å². The minimum Gasteiger partial charge on any atom is -1.00 e. The Hall–Kier alpha value is -0.129. The van der Waals surface area contributed by atoms with E-state index in [0.29, 0.717) is 0 Å². The molecule has 3 rings (SSSR count). The summed E-state index contributed by atoms with van der Waals surface area (Å²) < 4.78 is 0. The third-order valence-corrected chi connectivity index (χ3v) is 2.57. The van der Waals surface area contributed by atoms with Gasteiger partial charge in [-0.1, -0.05) is 39.9 Å². The summed E-state index contributed by atoms with van der Waals surface area (Å²) >= 11 is 0.